The van der Waals surface area contributed by atoms with E-state index in [0.717, 1.165) is 21.7 Å². The van der Waals surface area contributed by atoms with Crippen molar-refractivity contribution in [1.82, 2.24) is 9.78 Å². The highest BCUT2D eigenvalue weighted by atomic mass is 32.1. The molecule has 0 fully saturated rings. The highest BCUT2D eigenvalue weighted by Gasteiger charge is 2.07. The number of carbonyl (C=O) groups excluding carboxylic acids is 1. The van der Waals surface area contributed by atoms with Crippen molar-refractivity contribution in [1.29, 1.82) is 0 Å². The molecule has 0 amide bonds. The van der Waals surface area contributed by atoms with Gasteiger partial charge < -0.3 is 4.74 Å². The van der Waals surface area contributed by atoms with Crippen LogP contribution in [0, 0.1) is 0 Å². The Bertz CT molecular complexity index is 916. The molecule has 0 radical (unpaired) electrons. The molecule has 0 unspecified atom stereocenters. The predicted molar refractivity (Wildman–Crippen MR) is 97.7 cm³/mol. The van der Waals surface area contributed by atoms with Gasteiger partial charge in [-0.2, -0.15) is 5.10 Å². The van der Waals surface area contributed by atoms with E-state index in [1.165, 1.54) is 10.7 Å². The number of rotatable bonds is 6. The summed E-state index contributed by atoms with van der Waals surface area (Å²) in [5.41, 5.74) is 2.39. The van der Waals surface area contributed by atoms with Crippen LogP contribution in [0.15, 0.2) is 58.7 Å². The van der Waals surface area contributed by atoms with E-state index in [9.17, 15) is 9.59 Å². The van der Waals surface area contributed by atoms with E-state index in [1.807, 2.05) is 41.8 Å². The lowest BCUT2D eigenvalue weighted by Gasteiger charge is -2.08. The van der Waals surface area contributed by atoms with Crippen LogP contribution in [-0.4, -0.2) is 22.4 Å². The second-order valence-electron chi connectivity index (χ2n) is 5.49. The molecule has 1 aromatic carbocycles. The van der Waals surface area contributed by atoms with Crippen molar-refractivity contribution in [2.75, 3.05) is 6.61 Å². The number of hydrogen-bond donors (Lipinski definition) is 0. The van der Waals surface area contributed by atoms with Crippen molar-refractivity contribution < 1.29 is 9.53 Å². The van der Waals surface area contributed by atoms with Crippen molar-refractivity contribution in [3.63, 3.8) is 0 Å². The van der Waals surface area contributed by atoms with Crippen LogP contribution in [0.3, 0.4) is 0 Å². The van der Waals surface area contributed by atoms with Gasteiger partial charge in [0.15, 0.2) is 0 Å². The van der Waals surface area contributed by atoms with E-state index in [0.29, 0.717) is 13.2 Å². The molecule has 5 nitrogen and oxygen atoms in total. The molecule has 3 rings (SSSR count). The third-order valence-corrected chi connectivity index (χ3v) is 4.51. The Balaban J connectivity index is 1.81. The number of hydrogen-bond acceptors (Lipinski definition) is 5. The molecular weight excluding hydrogens is 336 g/mol. The van der Waals surface area contributed by atoms with Crippen molar-refractivity contribution in [3.8, 4) is 10.6 Å². The third kappa shape index (κ3) is 4.42. The minimum absolute atomic E-state index is 0.156. The van der Waals surface area contributed by atoms with Gasteiger partial charge in [0.25, 0.3) is 5.56 Å². The van der Waals surface area contributed by atoms with Crippen LogP contribution >= 0.6 is 11.3 Å². The number of carbonyl (C=O) groups is 1. The van der Waals surface area contributed by atoms with E-state index in [-0.39, 0.29) is 17.9 Å². The third-order valence-electron chi connectivity index (χ3n) is 3.62. The summed E-state index contributed by atoms with van der Waals surface area (Å²) in [7, 11) is 0. The Morgan fingerprint density at radius 2 is 2.00 bits per heavy atom. The number of nitrogens with zero attached hydrogens (tertiary/aromatic N) is 2. The molecular formula is C19H18N2O3S. The minimum Gasteiger partial charge on any atom is -0.466 e. The van der Waals surface area contributed by atoms with Crippen LogP contribution in [-0.2, 0) is 22.5 Å². The average Bonchev–Trinajstić information content (AvgIpc) is 3.12. The summed E-state index contributed by atoms with van der Waals surface area (Å²) in [5, 5.41) is 6.43. The van der Waals surface area contributed by atoms with Gasteiger partial charge in [0, 0.05) is 6.07 Å². The van der Waals surface area contributed by atoms with Crippen LogP contribution < -0.4 is 5.56 Å². The molecule has 128 valence electrons. The zero-order valence-corrected chi connectivity index (χ0v) is 14.7. The van der Waals surface area contributed by atoms with Gasteiger partial charge in [-0.25, -0.2) is 4.68 Å². The zero-order chi connectivity index (χ0) is 17.6. The fourth-order valence-electron chi connectivity index (χ4n) is 2.51. The smallest absolute Gasteiger partial charge is 0.310 e. The minimum atomic E-state index is -0.255. The zero-order valence-electron chi connectivity index (χ0n) is 13.8. The fourth-order valence-corrected chi connectivity index (χ4v) is 3.20. The summed E-state index contributed by atoms with van der Waals surface area (Å²) in [4.78, 5) is 24.8. The van der Waals surface area contributed by atoms with E-state index in [1.54, 1.807) is 24.3 Å². The summed E-state index contributed by atoms with van der Waals surface area (Å²) >= 11 is 1.58. The lowest BCUT2D eigenvalue weighted by atomic mass is 10.1. The molecule has 2 heterocycles. The van der Waals surface area contributed by atoms with Gasteiger partial charge in [-0.05, 0) is 35.6 Å². The van der Waals surface area contributed by atoms with Crippen molar-refractivity contribution in [2.24, 2.45) is 0 Å². The van der Waals surface area contributed by atoms with Gasteiger partial charge in [0.2, 0.25) is 0 Å². The van der Waals surface area contributed by atoms with E-state index < -0.39 is 0 Å². The molecule has 0 aliphatic heterocycles. The van der Waals surface area contributed by atoms with Gasteiger partial charge in [-0.1, -0.05) is 30.3 Å². The fraction of sp³-hybridized carbons (Fsp3) is 0.211. The van der Waals surface area contributed by atoms with E-state index in [4.69, 9.17) is 4.74 Å². The van der Waals surface area contributed by atoms with Crippen molar-refractivity contribution in [2.45, 2.75) is 19.9 Å². The predicted octanol–water partition coefficient (Wildman–Crippen LogP) is 3.13. The van der Waals surface area contributed by atoms with E-state index in [2.05, 4.69) is 5.10 Å². The van der Waals surface area contributed by atoms with Crippen molar-refractivity contribution in [3.05, 3.63) is 75.4 Å². The maximum absolute atomic E-state index is 12.1. The van der Waals surface area contributed by atoms with Crippen molar-refractivity contribution >= 4 is 17.3 Å². The Kier molecular flexibility index (Phi) is 5.40. The van der Waals surface area contributed by atoms with Gasteiger partial charge >= 0.3 is 5.97 Å². The van der Waals surface area contributed by atoms with E-state index >= 15 is 0 Å². The van der Waals surface area contributed by atoms with Crippen LogP contribution in [0.4, 0.5) is 0 Å². The van der Waals surface area contributed by atoms with Crippen LogP contribution in [0.2, 0.25) is 0 Å². The number of benzene rings is 1. The highest BCUT2D eigenvalue weighted by Crippen LogP contribution is 2.21. The van der Waals surface area contributed by atoms with Gasteiger partial charge in [0.1, 0.15) is 5.69 Å². The molecule has 6 heteroatoms. The molecule has 0 atom stereocenters. The number of ether oxygens (including phenoxy) is 1. The highest BCUT2D eigenvalue weighted by molar-refractivity contribution is 7.13. The Hall–Kier alpha value is -2.73. The first-order valence-electron chi connectivity index (χ1n) is 8.01. The number of aromatic nitrogens is 2. The quantitative estimate of drug-likeness (QED) is 0.638. The first-order chi connectivity index (χ1) is 12.2. The molecule has 0 aliphatic rings. The lowest BCUT2D eigenvalue weighted by molar-refractivity contribution is -0.142. The molecule has 0 bridgehead atoms. The normalized spacial score (nSPS) is 10.6. The lowest BCUT2D eigenvalue weighted by Crippen LogP contribution is -2.22. The number of thiophene rings is 1. The second kappa shape index (κ2) is 7.90. The molecule has 0 saturated carbocycles. The Morgan fingerprint density at radius 3 is 2.76 bits per heavy atom. The number of esters is 1. The molecule has 2 aromatic heterocycles. The molecule has 25 heavy (non-hydrogen) atoms. The molecule has 0 aliphatic carbocycles. The summed E-state index contributed by atoms with van der Waals surface area (Å²) in [6.07, 6.45) is 0.221. The summed E-state index contributed by atoms with van der Waals surface area (Å²) in [6, 6.07) is 14.8. The maximum Gasteiger partial charge on any atom is 0.310 e. The summed E-state index contributed by atoms with van der Waals surface area (Å²) < 4.78 is 6.42. The van der Waals surface area contributed by atoms with Gasteiger partial charge in [-0.3, -0.25) is 9.59 Å². The molecule has 0 spiro atoms. The molecule has 0 N–H and O–H groups in total. The maximum atomic E-state index is 12.1. The van der Waals surface area contributed by atoms with Crippen LogP contribution in [0.1, 0.15) is 18.1 Å². The topological polar surface area (TPSA) is 61.2 Å². The first kappa shape index (κ1) is 17.1. The SMILES string of the molecule is CCOC(=O)Cc1cccc(Cn2nc(-c3cccs3)ccc2=O)c1. The largest absolute Gasteiger partial charge is 0.466 e. The molecule has 0 saturated heterocycles. The Labute approximate surface area is 149 Å². The summed E-state index contributed by atoms with van der Waals surface area (Å²) in [5.74, 6) is -0.255. The Morgan fingerprint density at radius 1 is 1.16 bits per heavy atom. The second-order valence-corrected chi connectivity index (χ2v) is 6.44. The van der Waals surface area contributed by atoms with Crippen LogP contribution in [0.25, 0.3) is 10.6 Å². The monoisotopic (exact) mass is 354 g/mol. The molecule has 3 aromatic rings. The standard InChI is InChI=1S/C19H18N2O3S/c1-2-24-19(23)12-14-5-3-6-15(11-14)13-21-18(22)9-8-16(20-21)17-7-4-10-25-17/h3-11H,2,12-13H2,1H3. The van der Waals surface area contributed by atoms with Crippen LogP contribution in [0.5, 0.6) is 0 Å². The van der Waals surface area contributed by atoms with Gasteiger partial charge in [-0.15, -0.1) is 11.3 Å². The van der Waals surface area contributed by atoms with Gasteiger partial charge in [0.05, 0.1) is 24.4 Å². The average molecular weight is 354 g/mol. The first-order valence-corrected chi connectivity index (χ1v) is 8.89. The summed E-state index contributed by atoms with van der Waals surface area (Å²) in [6.45, 7) is 2.51.